The lowest BCUT2D eigenvalue weighted by Gasteiger charge is -2.19. The van der Waals surface area contributed by atoms with Gasteiger partial charge in [-0.3, -0.25) is 4.79 Å². The summed E-state index contributed by atoms with van der Waals surface area (Å²) in [4.78, 5) is 11.6. The van der Waals surface area contributed by atoms with E-state index in [2.05, 4.69) is 11.4 Å². The first kappa shape index (κ1) is 10.9. The van der Waals surface area contributed by atoms with E-state index in [4.69, 9.17) is 5.26 Å². The van der Waals surface area contributed by atoms with Gasteiger partial charge < -0.3 is 5.32 Å². The number of carbonyl (C=O) groups is 1. The highest BCUT2D eigenvalue weighted by Crippen LogP contribution is 2.27. The van der Waals surface area contributed by atoms with Crippen LogP contribution in [0.1, 0.15) is 45.4 Å². The standard InChI is InChI=1S/C13H16N2O/c1-9-11(5-3-7-13(9)16)15-12-6-2-4-10(12)8-14/h15H,2-7H2,1H3. The summed E-state index contributed by atoms with van der Waals surface area (Å²) in [7, 11) is 0. The van der Waals surface area contributed by atoms with Crippen molar-refractivity contribution in [2.24, 2.45) is 0 Å². The molecule has 0 saturated carbocycles. The molecule has 0 atom stereocenters. The van der Waals surface area contributed by atoms with E-state index in [1.807, 2.05) is 6.92 Å². The minimum atomic E-state index is 0.242. The smallest absolute Gasteiger partial charge is 0.160 e. The lowest BCUT2D eigenvalue weighted by molar-refractivity contribution is -0.116. The van der Waals surface area contributed by atoms with Gasteiger partial charge in [0.2, 0.25) is 0 Å². The predicted octanol–water partition coefficient (Wildman–Crippen LogP) is 2.56. The van der Waals surface area contributed by atoms with Crippen molar-refractivity contribution in [3.8, 4) is 6.07 Å². The fourth-order valence-corrected chi connectivity index (χ4v) is 2.31. The SMILES string of the molecule is CC1=C(NC2=C(C#N)CCC2)CCCC1=O. The number of carbonyl (C=O) groups excluding carboxylic acids is 1. The Morgan fingerprint density at radius 1 is 1.12 bits per heavy atom. The van der Waals surface area contributed by atoms with E-state index in [1.165, 1.54) is 0 Å². The lowest BCUT2D eigenvalue weighted by Crippen LogP contribution is -2.20. The summed E-state index contributed by atoms with van der Waals surface area (Å²) in [5, 5.41) is 12.3. The zero-order chi connectivity index (χ0) is 11.5. The van der Waals surface area contributed by atoms with E-state index in [-0.39, 0.29) is 5.78 Å². The number of allylic oxidation sites excluding steroid dienone is 4. The Balaban J connectivity index is 2.19. The van der Waals surface area contributed by atoms with Gasteiger partial charge in [-0.25, -0.2) is 0 Å². The molecule has 2 rings (SSSR count). The van der Waals surface area contributed by atoms with Crippen molar-refractivity contribution in [2.45, 2.75) is 45.4 Å². The molecule has 84 valence electrons. The maximum absolute atomic E-state index is 11.6. The van der Waals surface area contributed by atoms with Gasteiger partial charge in [0.25, 0.3) is 0 Å². The molecular formula is C13H16N2O. The van der Waals surface area contributed by atoms with Gasteiger partial charge in [0.1, 0.15) is 0 Å². The minimum Gasteiger partial charge on any atom is -0.361 e. The number of nitrogens with one attached hydrogen (secondary N) is 1. The molecule has 0 bridgehead atoms. The Bertz CT molecular complexity index is 424. The first-order chi connectivity index (χ1) is 7.72. The molecule has 0 heterocycles. The van der Waals surface area contributed by atoms with Crippen LogP contribution in [0.4, 0.5) is 0 Å². The molecule has 0 aromatic carbocycles. The molecule has 0 radical (unpaired) electrons. The van der Waals surface area contributed by atoms with Crippen LogP contribution >= 0.6 is 0 Å². The van der Waals surface area contributed by atoms with Crippen molar-refractivity contribution >= 4 is 5.78 Å². The molecule has 2 aliphatic carbocycles. The molecule has 3 heteroatoms. The summed E-state index contributed by atoms with van der Waals surface area (Å²) in [6.45, 7) is 1.88. The van der Waals surface area contributed by atoms with Gasteiger partial charge in [-0.15, -0.1) is 0 Å². The fourth-order valence-electron chi connectivity index (χ4n) is 2.31. The number of rotatable bonds is 2. The molecule has 3 nitrogen and oxygen atoms in total. The predicted molar refractivity (Wildman–Crippen MR) is 61.2 cm³/mol. The molecule has 0 spiro atoms. The number of nitriles is 1. The number of hydrogen-bond acceptors (Lipinski definition) is 3. The van der Waals surface area contributed by atoms with Crippen molar-refractivity contribution in [1.82, 2.24) is 5.32 Å². The second-order valence-corrected chi connectivity index (χ2v) is 4.43. The molecule has 2 aliphatic rings. The maximum Gasteiger partial charge on any atom is 0.160 e. The van der Waals surface area contributed by atoms with Crippen LogP contribution in [0, 0.1) is 11.3 Å². The van der Waals surface area contributed by atoms with E-state index in [9.17, 15) is 4.79 Å². The summed E-state index contributed by atoms with van der Waals surface area (Å²) in [6, 6.07) is 2.24. The normalized spacial score (nSPS) is 21.4. The molecule has 0 unspecified atom stereocenters. The second kappa shape index (κ2) is 4.52. The van der Waals surface area contributed by atoms with Crippen molar-refractivity contribution in [1.29, 1.82) is 5.26 Å². The molecule has 16 heavy (non-hydrogen) atoms. The van der Waals surface area contributed by atoms with Crippen LogP contribution in [0.3, 0.4) is 0 Å². The molecular weight excluding hydrogens is 200 g/mol. The topological polar surface area (TPSA) is 52.9 Å². The molecule has 0 aromatic rings. The number of Topliss-reactive ketones (excluding diaryl/α,β-unsaturated/α-hetero) is 1. The molecule has 1 N–H and O–H groups in total. The van der Waals surface area contributed by atoms with Gasteiger partial charge in [0.05, 0.1) is 6.07 Å². The Morgan fingerprint density at radius 2 is 1.81 bits per heavy atom. The van der Waals surface area contributed by atoms with Crippen molar-refractivity contribution in [3.05, 3.63) is 22.5 Å². The highest BCUT2D eigenvalue weighted by molar-refractivity contribution is 5.96. The van der Waals surface area contributed by atoms with E-state index in [0.717, 1.165) is 54.6 Å². The van der Waals surface area contributed by atoms with E-state index < -0.39 is 0 Å². The van der Waals surface area contributed by atoms with Crippen LogP contribution in [-0.4, -0.2) is 5.78 Å². The zero-order valence-corrected chi connectivity index (χ0v) is 9.60. The molecule has 0 amide bonds. The first-order valence-electron chi connectivity index (χ1n) is 5.84. The van der Waals surface area contributed by atoms with Crippen LogP contribution in [0.15, 0.2) is 22.5 Å². The molecule has 0 aliphatic heterocycles. The second-order valence-electron chi connectivity index (χ2n) is 4.43. The summed E-state index contributed by atoms with van der Waals surface area (Å²) in [5.74, 6) is 0.242. The average Bonchev–Trinajstić information content (AvgIpc) is 2.72. The average molecular weight is 216 g/mol. The largest absolute Gasteiger partial charge is 0.361 e. The summed E-state index contributed by atoms with van der Waals surface area (Å²) >= 11 is 0. The quantitative estimate of drug-likeness (QED) is 0.771. The number of hydrogen-bond donors (Lipinski definition) is 1. The number of nitrogens with zero attached hydrogens (tertiary/aromatic N) is 1. The van der Waals surface area contributed by atoms with Gasteiger partial charge in [-0.1, -0.05) is 0 Å². The Labute approximate surface area is 95.8 Å². The van der Waals surface area contributed by atoms with Gasteiger partial charge in [-0.2, -0.15) is 5.26 Å². The molecule has 0 fully saturated rings. The van der Waals surface area contributed by atoms with Gasteiger partial charge in [0, 0.05) is 29.0 Å². The fraction of sp³-hybridized carbons (Fsp3) is 0.538. The van der Waals surface area contributed by atoms with E-state index in [0.29, 0.717) is 6.42 Å². The minimum absolute atomic E-state index is 0.242. The highest BCUT2D eigenvalue weighted by Gasteiger charge is 2.20. The Morgan fingerprint density at radius 3 is 2.56 bits per heavy atom. The van der Waals surface area contributed by atoms with Gasteiger partial charge in [-0.05, 0) is 39.0 Å². The van der Waals surface area contributed by atoms with Crippen LogP contribution in [0.2, 0.25) is 0 Å². The summed E-state index contributed by atoms with van der Waals surface area (Å²) < 4.78 is 0. The Kier molecular flexibility index (Phi) is 3.09. The van der Waals surface area contributed by atoms with Crippen molar-refractivity contribution < 1.29 is 4.79 Å². The third-order valence-corrected chi connectivity index (χ3v) is 3.36. The van der Waals surface area contributed by atoms with Crippen LogP contribution in [0.5, 0.6) is 0 Å². The molecule has 0 saturated heterocycles. The summed E-state index contributed by atoms with van der Waals surface area (Å²) in [6.07, 6.45) is 5.38. The Hall–Kier alpha value is -1.56. The van der Waals surface area contributed by atoms with Gasteiger partial charge in [0.15, 0.2) is 5.78 Å². The first-order valence-corrected chi connectivity index (χ1v) is 5.84. The van der Waals surface area contributed by atoms with Crippen LogP contribution in [-0.2, 0) is 4.79 Å². The molecule has 0 aromatic heterocycles. The monoisotopic (exact) mass is 216 g/mol. The van der Waals surface area contributed by atoms with Crippen LogP contribution < -0.4 is 5.32 Å². The van der Waals surface area contributed by atoms with E-state index in [1.54, 1.807) is 0 Å². The third kappa shape index (κ3) is 2.01. The number of ketones is 1. The van der Waals surface area contributed by atoms with Crippen molar-refractivity contribution in [2.75, 3.05) is 0 Å². The maximum atomic E-state index is 11.6. The highest BCUT2D eigenvalue weighted by atomic mass is 16.1. The van der Waals surface area contributed by atoms with Gasteiger partial charge >= 0.3 is 0 Å². The summed E-state index contributed by atoms with van der Waals surface area (Å²) in [5.41, 5.74) is 3.77. The lowest BCUT2D eigenvalue weighted by atomic mass is 9.96. The van der Waals surface area contributed by atoms with E-state index >= 15 is 0 Å². The third-order valence-electron chi connectivity index (χ3n) is 3.36. The van der Waals surface area contributed by atoms with Crippen LogP contribution in [0.25, 0.3) is 0 Å². The zero-order valence-electron chi connectivity index (χ0n) is 9.60. The van der Waals surface area contributed by atoms with Crippen molar-refractivity contribution in [3.63, 3.8) is 0 Å².